The fraction of sp³-hybridized carbons (Fsp3) is 0.400. The fourth-order valence-electron chi connectivity index (χ4n) is 3.58. The lowest BCUT2D eigenvalue weighted by molar-refractivity contribution is 0.258. The van der Waals surface area contributed by atoms with Crippen LogP contribution in [0, 0.1) is 19.7 Å². The molecule has 1 heterocycles. The van der Waals surface area contributed by atoms with Crippen LogP contribution in [0.1, 0.15) is 35.9 Å². The van der Waals surface area contributed by atoms with Gasteiger partial charge in [-0.1, -0.05) is 18.2 Å². The molecule has 3 aromatic rings. The summed E-state index contributed by atoms with van der Waals surface area (Å²) in [5.41, 5.74) is 3.93. The third kappa shape index (κ3) is 6.31. The molecule has 0 aliphatic carbocycles. The highest BCUT2D eigenvalue weighted by molar-refractivity contribution is 5.31. The molecule has 0 unspecified atom stereocenters. The monoisotopic (exact) mass is 425 g/mol. The molecule has 5 nitrogen and oxygen atoms in total. The van der Waals surface area contributed by atoms with Crippen LogP contribution < -0.4 is 9.47 Å². The van der Waals surface area contributed by atoms with Crippen molar-refractivity contribution in [2.24, 2.45) is 0 Å². The number of benzene rings is 2. The first kappa shape index (κ1) is 22.8. The van der Waals surface area contributed by atoms with Crippen molar-refractivity contribution in [3.63, 3.8) is 0 Å². The van der Waals surface area contributed by atoms with E-state index in [9.17, 15) is 4.39 Å². The van der Waals surface area contributed by atoms with Crippen molar-refractivity contribution in [3.8, 4) is 11.5 Å². The van der Waals surface area contributed by atoms with Crippen LogP contribution in [0.4, 0.5) is 4.39 Å². The van der Waals surface area contributed by atoms with Crippen LogP contribution in [-0.2, 0) is 13.1 Å². The molecule has 0 amide bonds. The molecule has 0 spiro atoms. The first-order valence-electron chi connectivity index (χ1n) is 10.8. The Bertz CT molecular complexity index is 969. The van der Waals surface area contributed by atoms with Gasteiger partial charge >= 0.3 is 0 Å². The van der Waals surface area contributed by atoms with Crippen LogP contribution >= 0.6 is 0 Å². The second-order valence-electron chi connectivity index (χ2n) is 7.74. The molecule has 0 saturated carbocycles. The number of aromatic nitrogens is 2. The zero-order chi connectivity index (χ0) is 22.2. The number of hydrogen-bond donors (Lipinski definition) is 0. The Hall–Kier alpha value is -2.86. The van der Waals surface area contributed by atoms with Crippen molar-refractivity contribution in [1.82, 2.24) is 14.7 Å². The van der Waals surface area contributed by atoms with Crippen LogP contribution in [0.3, 0.4) is 0 Å². The van der Waals surface area contributed by atoms with Gasteiger partial charge in [0.2, 0.25) is 0 Å². The van der Waals surface area contributed by atoms with Crippen LogP contribution in [0.2, 0.25) is 0 Å². The molecule has 0 N–H and O–H groups in total. The van der Waals surface area contributed by atoms with E-state index in [2.05, 4.69) is 24.0 Å². The highest BCUT2D eigenvalue weighted by atomic mass is 19.1. The number of aryl methyl sites for hydroxylation is 1. The van der Waals surface area contributed by atoms with E-state index < -0.39 is 0 Å². The quantitative estimate of drug-likeness (QED) is 0.406. The van der Waals surface area contributed by atoms with E-state index in [1.807, 2.05) is 54.9 Å². The van der Waals surface area contributed by atoms with E-state index in [0.717, 1.165) is 42.4 Å². The number of nitrogens with zero attached hydrogens (tertiary/aromatic N) is 3. The number of ether oxygens (including phenoxy) is 2. The van der Waals surface area contributed by atoms with Gasteiger partial charge in [0.05, 0.1) is 25.5 Å². The van der Waals surface area contributed by atoms with Crippen molar-refractivity contribution < 1.29 is 13.9 Å². The normalized spacial score (nSPS) is 11.2. The molecule has 1 aromatic heterocycles. The van der Waals surface area contributed by atoms with Crippen molar-refractivity contribution in [3.05, 3.63) is 76.9 Å². The number of rotatable bonds is 11. The lowest BCUT2D eigenvalue weighted by atomic mass is 10.1. The van der Waals surface area contributed by atoms with Crippen molar-refractivity contribution in [2.75, 3.05) is 26.8 Å². The predicted octanol–water partition coefficient (Wildman–Crippen LogP) is 4.99. The summed E-state index contributed by atoms with van der Waals surface area (Å²) in [6.07, 6.45) is 0.922. The first-order valence-corrected chi connectivity index (χ1v) is 10.8. The zero-order valence-corrected chi connectivity index (χ0v) is 18.9. The first-order chi connectivity index (χ1) is 15.0. The van der Waals surface area contributed by atoms with E-state index >= 15 is 0 Å². The largest absolute Gasteiger partial charge is 0.494 e. The van der Waals surface area contributed by atoms with Gasteiger partial charge in [-0.15, -0.1) is 0 Å². The molecule has 6 heteroatoms. The third-order valence-electron chi connectivity index (χ3n) is 5.32. The lowest BCUT2D eigenvalue weighted by Crippen LogP contribution is -2.21. The van der Waals surface area contributed by atoms with Gasteiger partial charge in [0.1, 0.15) is 17.3 Å². The third-order valence-corrected chi connectivity index (χ3v) is 5.32. The van der Waals surface area contributed by atoms with Gasteiger partial charge in [-0.3, -0.25) is 4.68 Å². The number of hydrogen-bond acceptors (Lipinski definition) is 4. The second-order valence-corrected chi connectivity index (χ2v) is 7.74. The minimum Gasteiger partial charge on any atom is -0.494 e. The Morgan fingerprint density at radius 2 is 1.68 bits per heavy atom. The molecule has 0 radical (unpaired) electrons. The fourth-order valence-corrected chi connectivity index (χ4v) is 3.58. The van der Waals surface area contributed by atoms with Crippen molar-refractivity contribution in [1.29, 1.82) is 0 Å². The maximum atomic E-state index is 14.0. The Balaban J connectivity index is 1.48. The van der Waals surface area contributed by atoms with Gasteiger partial charge in [-0.25, -0.2) is 4.39 Å². The summed E-state index contributed by atoms with van der Waals surface area (Å²) in [6, 6.07) is 14.6. The Labute approximate surface area is 184 Å². The Morgan fingerprint density at radius 1 is 1.00 bits per heavy atom. The number of halogens is 1. The summed E-state index contributed by atoms with van der Waals surface area (Å²) in [7, 11) is 2.10. The molecule has 0 atom stereocenters. The van der Waals surface area contributed by atoms with Gasteiger partial charge < -0.3 is 14.4 Å². The van der Waals surface area contributed by atoms with Gasteiger partial charge in [0, 0.05) is 29.9 Å². The standard InChI is InChI=1S/C25H32FN3O2/c1-5-30-22-11-13-23(14-12-22)31-16-8-15-28(4)18-24-19(2)27-29(20(24)3)17-21-9-6-7-10-25(21)26/h6-7,9-14H,5,8,15-18H2,1-4H3. The Morgan fingerprint density at radius 3 is 2.35 bits per heavy atom. The maximum Gasteiger partial charge on any atom is 0.128 e. The molecule has 3 rings (SSSR count). The van der Waals surface area contributed by atoms with Crippen LogP contribution in [0.25, 0.3) is 0 Å². The Kier molecular flexibility index (Phi) is 8.06. The molecule has 0 aliphatic heterocycles. The van der Waals surface area contributed by atoms with E-state index in [-0.39, 0.29) is 5.82 Å². The summed E-state index contributed by atoms with van der Waals surface area (Å²) in [6.45, 7) is 9.52. The van der Waals surface area contributed by atoms with Crippen LogP contribution in [0.5, 0.6) is 11.5 Å². The molecular formula is C25H32FN3O2. The van der Waals surface area contributed by atoms with E-state index in [1.165, 1.54) is 11.6 Å². The van der Waals surface area contributed by atoms with Crippen molar-refractivity contribution >= 4 is 0 Å². The zero-order valence-electron chi connectivity index (χ0n) is 18.9. The van der Waals surface area contributed by atoms with Gasteiger partial charge in [0.15, 0.2) is 0 Å². The van der Waals surface area contributed by atoms with Crippen molar-refractivity contribution in [2.45, 2.75) is 40.3 Å². The summed E-state index contributed by atoms with van der Waals surface area (Å²) >= 11 is 0. The molecule has 2 aromatic carbocycles. The van der Waals surface area contributed by atoms with Crippen LogP contribution in [0.15, 0.2) is 48.5 Å². The molecule has 0 saturated heterocycles. The second kappa shape index (κ2) is 11.0. The summed E-state index contributed by atoms with van der Waals surface area (Å²) in [5, 5.41) is 4.64. The molecule has 0 aliphatic rings. The molecule has 0 fully saturated rings. The van der Waals surface area contributed by atoms with E-state index in [0.29, 0.717) is 25.3 Å². The predicted molar refractivity (Wildman–Crippen MR) is 121 cm³/mol. The molecule has 31 heavy (non-hydrogen) atoms. The summed E-state index contributed by atoms with van der Waals surface area (Å²) in [4.78, 5) is 2.27. The van der Waals surface area contributed by atoms with E-state index in [1.54, 1.807) is 6.07 Å². The molecular weight excluding hydrogens is 393 g/mol. The maximum absolute atomic E-state index is 14.0. The SMILES string of the molecule is CCOc1ccc(OCCCN(C)Cc2c(C)nn(Cc3ccccc3F)c2C)cc1. The van der Waals surface area contributed by atoms with Gasteiger partial charge in [-0.05, 0) is 64.6 Å². The minimum absolute atomic E-state index is 0.193. The average Bonchev–Trinajstić information content (AvgIpc) is 3.01. The summed E-state index contributed by atoms with van der Waals surface area (Å²) < 4.78 is 27.2. The topological polar surface area (TPSA) is 39.5 Å². The minimum atomic E-state index is -0.193. The lowest BCUT2D eigenvalue weighted by Gasteiger charge is -2.17. The highest BCUT2D eigenvalue weighted by Gasteiger charge is 2.14. The average molecular weight is 426 g/mol. The van der Waals surface area contributed by atoms with Gasteiger partial charge in [0.25, 0.3) is 0 Å². The summed E-state index contributed by atoms with van der Waals surface area (Å²) in [5.74, 6) is 1.52. The molecule has 166 valence electrons. The van der Waals surface area contributed by atoms with E-state index in [4.69, 9.17) is 9.47 Å². The smallest absolute Gasteiger partial charge is 0.128 e. The van der Waals surface area contributed by atoms with Crippen LogP contribution in [-0.4, -0.2) is 41.5 Å². The highest BCUT2D eigenvalue weighted by Crippen LogP contribution is 2.19. The van der Waals surface area contributed by atoms with Gasteiger partial charge in [-0.2, -0.15) is 5.10 Å². The molecule has 0 bridgehead atoms.